The fourth-order valence-corrected chi connectivity index (χ4v) is 8.31. The van der Waals surface area contributed by atoms with E-state index in [1.807, 2.05) is 0 Å². The largest absolute Gasteiger partial charge is 0.393 e. The van der Waals surface area contributed by atoms with Crippen molar-refractivity contribution < 1.29 is 14.6 Å². The number of unbranched alkanes of at least 4 members (excludes halogenated alkanes) is 1. The van der Waals surface area contributed by atoms with Gasteiger partial charge in [0.25, 0.3) is 0 Å². The first-order valence-electron chi connectivity index (χ1n) is 14.2. The van der Waals surface area contributed by atoms with Gasteiger partial charge in [0.05, 0.1) is 23.4 Å². The highest BCUT2D eigenvalue weighted by Crippen LogP contribution is 2.66. The van der Waals surface area contributed by atoms with Crippen LogP contribution in [0.15, 0.2) is 0 Å². The summed E-state index contributed by atoms with van der Waals surface area (Å²) in [7, 11) is 0. The van der Waals surface area contributed by atoms with Crippen LogP contribution in [0.5, 0.6) is 0 Å². The minimum atomic E-state index is -0.156. The Morgan fingerprint density at radius 3 is 2.21 bits per heavy atom. The van der Waals surface area contributed by atoms with Gasteiger partial charge in [-0.05, 0) is 127 Å². The summed E-state index contributed by atoms with van der Waals surface area (Å²) in [6, 6.07) is 0. The van der Waals surface area contributed by atoms with Crippen molar-refractivity contribution in [3.05, 3.63) is 0 Å². The zero-order valence-electron chi connectivity index (χ0n) is 23.5. The molecule has 0 saturated heterocycles. The molecule has 0 bridgehead atoms. The average Bonchev–Trinajstić information content (AvgIpc) is 2.99. The first kappa shape index (κ1) is 27.5. The van der Waals surface area contributed by atoms with E-state index in [9.17, 15) is 5.11 Å². The SMILES string of the molecule is CCCC[C@@H]1[C@@H](O)C[C@@H]2[C@H](CC[C@]3(C)[C@@H](OC(C)(C)C)CC[C@@H]23)[C@@]1(C)CCCOC(C)(C)C. The summed E-state index contributed by atoms with van der Waals surface area (Å²) < 4.78 is 12.7. The molecule has 3 aliphatic rings. The van der Waals surface area contributed by atoms with Crippen LogP contribution in [0, 0.1) is 34.5 Å². The predicted octanol–water partition coefficient (Wildman–Crippen LogP) is 7.79. The highest BCUT2D eigenvalue weighted by atomic mass is 16.5. The van der Waals surface area contributed by atoms with Gasteiger partial charge in [-0.25, -0.2) is 0 Å². The Balaban J connectivity index is 1.81. The summed E-state index contributed by atoms with van der Waals surface area (Å²) >= 11 is 0. The Morgan fingerprint density at radius 2 is 1.61 bits per heavy atom. The lowest BCUT2D eigenvalue weighted by Gasteiger charge is -2.60. The van der Waals surface area contributed by atoms with E-state index in [0.29, 0.717) is 23.9 Å². The van der Waals surface area contributed by atoms with E-state index in [4.69, 9.17) is 9.47 Å². The second-order valence-electron chi connectivity index (χ2n) is 14.3. The van der Waals surface area contributed by atoms with Crippen LogP contribution in [0.4, 0.5) is 0 Å². The number of hydrogen-bond acceptors (Lipinski definition) is 3. The Hall–Kier alpha value is -0.120. The number of aliphatic hydroxyl groups is 1. The van der Waals surface area contributed by atoms with E-state index < -0.39 is 0 Å². The summed E-state index contributed by atoms with van der Waals surface area (Å²) in [5, 5.41) is 11.5. The summed E-state index contributed by atoms with van der Waals surface area (Å²) in [6.07, 6.45) is 12.2. The van der Waals surface area contributed by atoms with Gasteiger partial charge in [0.2, 0.25) is 0 Å². The first-order chi connectivity index (χ1) is 15.2. The molecule has 0 aromatic carbocycles. The first-order valence-corrected chi connectivity index (χ1v) is 14.2. The summed E-state index contributed by atoms with van der Waals surface area (Å²) in [4.78, 5) is 0. The molecular formula is C30H56O3. The average molecular weight is 465 g/mol. The van der Waals surface area contributed by atoms with Crippen LogP contribution in [-0.2, 0) is 9.47 Å². The molecule has 3 fully saturated rings. The highest BCUT2D eigenvalue weighted by molar-refractivity contribution is 5.10. The van der Waals surface area contributed by atoms with Crippen molar-refractivity contribution in [2.45, 2.75) is 150 Å². The lowest BCUT2D eigenvalue weighted by molar-refractivity contribution is -0.174. The minimum absolute atomic E-state index is 0.0737. The normalized spacial score (nSPS) is 41.6. The fourth-order valence-electron chi connectivity index (χ4n) is 8.31. The third-order valence-corrected chi connectivity index (χ3v) is 9.78. The molecule has 3 aliphatic carbocycles. The topological polar surface area (TPSA) is 38.7 Å². The molecule has 194 valence electrons. The molecule has 0 radical (unpaired) electrons. The molecule has 3 heteroatoms. The third kappa shape index (κ3) is 6.00. The monoisotopic (exact) mass is 464 g/mol. The lowest BCUT2D eigenvalue weighted by atomic mass is 9.45. The van der Waals surface area contributed by atoms with E-state index in [1.165, 1.54) is 51.4 Å². The second kappa shape index (κ2) is 10.1. The molecule has 0 aromatic rings. The van der Waals surface area contributed by atoms with Crippen molar-refractivity contribution in [3.8, 4) is 0 Å². The van der Waals surface area contributed by atoms with Gasteiger partial charge in [-0.2, -0.15) is 0 Å². The van der Waals surface area contributed by atoms with Crippen molar-refractivity contribution in [3.63, 3.8) is 0 Å². The van der Waals surface area contributed by atoms with Crippen molar-refractivity contribution in [2.75, 3.05) is 6.61 Å². The number of aliphatic hydroxyl groups excluding tert-OH is 1. The molecule has 3 rings (SSSR count). The number of rotatable bonds is 8. The van der Waals surface area contributed by atoms with E-state index in [2.05, 4.69) is 62.3 Å². The van der Waals surface area contributed by atoms with E-state index >= 15 is 0 Å². The third-order valence-electron chi connectivity index (χ3n) is 9.78. The van der Waals surface area contributed by atoms with Crippen LogP contribution in [-0.4, -0.2) is 35.1 Å². The molecule has 0 heterocycles. The van der Waals surface area contributed by atoms with Crippen LogP contribution >= 0.6 is 0 Å². The van der Waals surface area contributed by atoms with Crippen LogP contribution in [0.25, 0.3) is 0 Å². The Bertz CT molecular complexity index is 631. The Kier molecular flexibility index (Phi) is 8.40. The molecule has 8 atom stereocenters. The standard InChI is InChI=1S/C30H56O3/c1-10-11-13-24-25(31)20-21-22-14-15-26(33-28(5,6)7)30(22,9)18-16-23(21)29(24,8)17-12-19-32-27(2,3)4/h21-26,31H,10-20H2,1-9H3/t21-,22-,23-,24+,25-,26-,29+,30-/m0/s1. The van der Waals surface area contributed by atoms with E-state index in [1.54, 1.807) is 0 Å². The fraction of sp³-hybridized carbons (Fsp3) is 1.00. The van der Waals surface area contributed by atoms with Crippen LogP contribution in [0.1, 0.15) is 127 Å². The van der Waals surface area contributed by atoms with E-state index in [-0.39, 0.29) is 28.1 Å². The predicted molar refractivity (Wildman–Crippen MR) is 138 cm³/mol. The van der Waals surface area contributed by atoms with Crippen molar-refractivity contribution in [1.29, 1.82) is 0 Å². The van der Waals surface area contributed by atoms with Gasteiger partial charge in [-0.1, -0.05) is 33.6 Å². The number of hydrogen-bond donors (Lipinski definition) is 1. The smallest absolute Gasteiger partial charge is 0.0638 e. The second-order valence-corrected chi connectivity index (χ2v) is 14.3. The maximum atomic E-state index is 11.5. The molecule has 0 amide bonds. The number of fused-ring (bicyclic) bond motifs is 3. The van der Waals surface area contributed by atoms with Crippen molar-refractivity contribution >= 4 is 0 Å². The molecule has 33 heavy (non-hydrogen) atoms. The number of ether oxygens (including phenoxy) is 2. The lowest BCUT2D eigenvalue weighted by Crippen LogP contribution is -2.57. The molecular weight excluding hydrogens is 408 g/mol. The minimum Gasteiger partial charge on any atom is -0.393 e. The highest BCUT2D eigenvalue weighted by Gasteiger charge is 2.61. The van der Waals surface area contributed by atoms with E-state index in [0.717, 1.165) is 25.4 Å². The van der Waals surface area contributed by atoms with Crippen LogP contribution in [0.3, 0.4) is 0 Å². The van der Waals surface area contributed by atoms with Gasteiger partial charge >= 0.3 is 0 Å². The molecule has 3 saturated carbocycles. The molecule has 0 aromatic heterocycles. The van der Waals surface area contributed by atoms with Gasteiger partial charge in [0.15, 0.2) is 0 Å². The van der Waals surface area contributed by atoms with Gasteiger partial charge in [0, 0.05) is 6.61 Å². The van der Waals surface area contributed by atoms with Gasteiger partial charge < -0.3 is 14.6 Å². The molecule has 0 unspecified atom stereocenters. The molecule has 3 nitrogen and oxygen atoms in total. The van der Waals surface area contributed by atoms with Gasteiger partial charge in [0.1, 0.15) is 0 Å². The molecule has 0 spiro atoms. The zero-order chi connectivity index (χ0) is 24.7. The molecule has 1 N–H and O–H groups in total. The maximum Gasteiger partial charge on any atom is 0.0638 e. The summed E-state index contributed by atoms with van der Waals surface area (Å²) in [6.45, 7) is 21.2. The Labute approximate surface area is 205 Å². The van der Waals surface area contributed by atoms with Crippen LogP contribution < -0.4 is 0 Å². The molecule has 0 aliphatic heterocycles. The van der Waals surface area contributed by atoms with Crippen molar-refractivity contribution in [2.24, 2.45) is 34.5 Å². The van der Waals surface area contributed by atoms with Crippen molar-refractivity contribution in [1.82, 2.24) is 0 Å². The van der Waals surface area contributed by atoms with Gasteiger partial charge in [-0.3, -0.25) is 0 Å². The Morgan fingerprint density at radius 1 is 0.909 bits per heavy atom. The van der Waals surface area contributed by atoms with Crippen LogP contribution in [0.2, 0.25) is 0 Å². The maximum absolute atomic E-state index is 11.5. The quantitative estimate of drug-likeness (QED) is 0.373. The van der Waals surface area contributed by atoms with Gasteiger partial charge in [-0.15, -0.1) is 0 Å². The summed E-state index contributed by atoms with van der Waals surface area (Å²) in [5.74, 6) is 2.49. The zero-order valence-corrected chi connectivity index (χ0v) is 23.5. The summed E-state index contributed by atoms with van der Waals surface area (Å²) in [5.41, 5.74) is 0.317.